The number of ether oxygens (including phenoxy) is 1. The fourth-order valence-electron chi connectivity index (χ4n) is 2.51. The monoisotopic (exact) mass is 415 g/mol. The van der Waals surface area contributed by atoms with Gasteiger partial charge in [0, 0.05) is 12.1 Å². The van der Waals surface area contributed by atoms with Crippen LogP contribution in [0.3, 0.4) is 0 Å². The molecule has 1 aromatic carbocycles. The van der Waals surface area contributed by atoms with Gasteiger partial charge in [0.1, 0.15) is 11.6 Å². The summed E-state index contributed by atoms with van der Waals surface area (Å²) in [5.41, 5.74) is 1.53. The van der Waals surface area contributed by atoms with Crippen LogP contribution >= 0.6 is 0 Å². The van der Waals surface area contributed by atoms with Gasteiger partial charge in [0.15, 0.2) is 0 Å². The molecule has 10 heteroatoms. The zero-order valence-electron chi connectivity index (χ0n) is 17.2. The van der Waals surface area contributed by atoms with E-state index in [0.29, 0.717) is 5.69 Å². The highest BCUT2D eigenvalue weighted by Crippen LogP contribution is 2.08. The van der Waals surface area contributed by atoms with Gasteiger partial charge in [0.2, 0.25) is 0 Å². The maximum Gasteiger partial charge on any atom is 0.408 e. The Kier molecular flexibility index (Phi) is 7.29. The van der Waals surface area contributed by atoms with Crippen LogP contribution in [0.1, 0.15) is 37.6 Å². The molecule has 0 fully saturated rings. The van der Waals surface area contributed by atoms with E-state index in [1.807, 2.05) is 30.3 Å². The summed E-state index contributed by atoms with van der Waals surface area (Å²) in [4.78, 5) is 52.4. The molecular weight excluding hydrogens is 390 g/mol. The molecule has 0 radical (unpaired) electrons. The fourth-order valence-corrected chi connectivity index (χ4v) is 2.51. The number of benzene rings is 1. The van der Waals surface area contributed by atoms with Gasteiger partial charge in [-0.3, -0.25) is 14.6 Å². The van der Waals surface area contributed by atoms with Crippen LogP contribution in [0.5, 0.6) is 0 Å². The molecule has 1 atom stereocenters. The number of amides is 2. The molecule has 0 aliphatic heterocycles. The van der Waals surface area contributed by atoms with Crippen LogP contribution in [-0.4, -0.2) is 39.8 Å². The van der Waals surface area contributed by atoms with Crippen molar-refractivity contribution in [2.45, 2.75) is 45.8 Å². The average molecular weight is 415 g/mol. The molecule has 2 amide bonds. The topological polar surface area (TPSA) is 146 Å². The van der Waals surface area contributed by atoms with E-state index in [0.717, 1.165) is 11.8 Å². The van der Waals surface area contributed by atoms with Crippen molar-refractivity contribution in [2.24, 2.45) is 5.10 Å². The van der Waals surface area contributed by atoms with E-state index >= 15 is 0 Å². The molecule has 0 spiro atoms. The zero-order chi connectivity index (χ0) is 22.3. The zero-order valence-corrected chi connectivity index (χ0v) is 17.2. The molecule has 0 bridgehead atoms. The summed E-state index contributed by atoms with van der Waals surface area (Å²) >= 11 is 0. The number of nitrogens with zero attached hydrogens (tertiary/aromatic N) is 1. The van der Waals surface area contributed by atoms with Gasteiger partial charge >= 0.3 is 11.8 Å². The molecule has 10 nitrogen and oxygen atoms in total. The first-order chi connectivity index (χ1) is 14.0. The quantitative estimate of drug-likeness (QED) is 0.410. The summed E-state index contributed by atoms with van der Waals surface area (Å²) < 4.78 is 5.22. The van der Waals surface area contributed by atoms with Crippen LogP contribution in [-0.2, 0) is 16.0 Å². The van der Waals surface area contributed by atoms with Gasteiger partial charge in [-0.15, -0.1) is 0 Å². The highest BCUT2D eigenvalue weighted by molar-refractivity contribution is 5.87. The third kappa shape index (κ3) is 7.04. The summed E-state index contributed by atoms with van der Waals surface area (Å²) in [5.74, 6) is -0.598. The average Bonchev–Trinajstić information content (AvgIpc) is 2.62. The Hall–Kier alpha value is -3.69. The minimum absolute atomic E-state index is 0.0922. The van der Waals surface area contributed by atoms with Crippen molar-refractivity contribution in [2.75, 3.05) is 0 Å². The van der Waals surface area contributed by atoms with E-state index < -0.39 is 34.9 Å². The van der Waals surface area contributed by atoms with Crippen molar-refractivity contribution in [1.29, 1.82) is 0 Å². The van der Waals surface area contributed by atoms with E-state index in [2.05, 4.69) is 25.8 Å². The molecule has 1 aromatic heterocycles. The minimum atomic E-state index is -0.964. The molecule has 30 heavy (non-hydrogen) atoms. The third-order valence-corrected chi connectivity index (χ3v) is 3.84. The van der Waals surface area contributed by atoms with Gasteiger partial charge in [-0.05, 0) is 33.3 Å². The van der Waals surface area contributed by atoms with Gasteiger partial charge in [-0.25, -0.2) is 15.0 Å². The summed E-state index contributed by atoms with van der Waals surface area (Å²) in [6, 6.07) is 8.17. The van der Waals surface area contributed by atoms with Crippen LogP contribution in [0.2, 0.25) is 0 Å². The Morgan fingerprint density at radius 3 is 2.43 bits per heavy atom. The van der Waals surface area contributed by atoms with Crippen molar-refractivity contribution in [1.82, 2.24) is 20.7 Å². The first-order valence-corrected chi connectivity index (χ1v) is 9.25. The number of H-pyrrole nitrogens is 2. The summed E-state index contributed by atoms with van der Waals surface area (Å²) in [6.07, 6.45) is 0.588. The molecule has 160 valence electrons. The third-order valence-electron chi connectivity index (χ3n) is 3.84. The molecule has 0 saturated carbocycles. The fraction of sp³-hybridized carbons (Fsp3) is 0.350. The molecule has 1 heterocycles. The summed E-state index contributed by atoms with van der Waals surface area (Å²) in [6.45, 7) is 6.68. The number of carbonyl (C=O) groups excluding carboxylic acids is 2. The van der Waals surface area contributed by atoms with Crippen molar-refractivity contribution in [3.05, 3.63) is 68.0 Å². The largest absolute Gasteiger partial charge is 0.444 e. The van der Waals surface area contributed by atoms with Gasteiger partial charge < -0.3 is 15.0 Å². The number of carbonyl (C=O) groups is 2. The number of aromatic nitrogens is 2. The van der Waals surface area contributed by atoms with Crippen molar-refractivity contribution in [3.8, 4) is 0 Å². The highest BCUT2D eigenvalue weighted by Gasteiger charge is 2.24. The van der Waals surface area contributed by atoms with Crippen LogP contribution in [0.25, 0.3) is 0 Å². The van der Waals surface area contributed by atoms with Crippen LogP contribution < -0.4 is 22.0 Å². The Morgan fingerprint density at radius 2 is 1.83 bits per heavy atom. The second kappa shape index (κ2) is 9.68. The number of alkyl carbamates (subject to hydrolysis) is 1. The lowest BCUT2D eigenvalue weighted by atomic mass is 10.1. The first kappa shape index (κ1) is 22.6. The predicted molar refractivity (Wildman–Crippen MR) is 111 cm³/mol. The van der Waals surface area contributed by atoms with Crippen molar-refractivity contribution in [3.63, 3.8) is 0 Å². The number of aryl methyl sites for hydroxylation is 1. The molecule has 4 N–H and O–H groups in total. The van der Waals surface area contributed by atoms with E-state index in [9.17, 15) is 19.2 Å². The molecule has 0 aliphatic rings. The van der Waals surface area contributed by atoms with Gasteiger partial charge in [0.05, 0.1) is 11.8 Å². The van der Waals surface area contributed by atoms with Gasteiger partial charge in [-0.1, -0.05) is 30.3 Å². The Bertz CT molecular complexity index is 1030. The highest BCUT2D eigenvalue weighted by atomic mass is 16.6. The molecule has 1 unspecified atom stereocenters. The van der Waals surface area contributed by atoms with E-state index in [1.165, 1.54) is 6.92 Å². The summed E-state index contributed by atoms with van der Waals surface area (Å²) in [5, 5.41) is 6.32. The number of aromatic amines is 2. The lowest BCUT2D eigenvalue weighted by Crippen LogP contribution is -2.48. The molecule has 2 rings (SSSR count). The molecule has 2 aromatic rings. The SMILES string of the molecule is Cc1[nH]c(=O)[nH]c(=O)c1C=NNC(=O)C(Cc1ccccc1)NC(=O)OC(C)(C)C. The standard InChI is InChI=1S/C20H25N5O5/c1-12-14(16(26)24-18(28)22-12)11-21-25-17(27)15(10-13-8-6-5-7-9-13)23-19(29)30-20(2,3)4/h5-9,11,15H,10H2,1-4H3,(H,23,29)(H,25,27)(H2,22,24,26,28). The Morgan fingerprint density at radius 1 is 1.17 bits per heavy atom. The first-order valence-electron chi connectivity index (χ1n) is 9.25. The second-order valence-corrected chi connectivity index (χ2v) is 7.57. The summed E-state index contributed by atoms with van der Waals surface area (Å²) in [7, 11) is 0. The number of hydrogen-bond acceptors (Lipinski definition) is 6. The van der Waals surface area contributed by atoms with E-state index in [4.69, 9.17) is 4.74 Å². The van der Waals surface area contributed by atoms with Crippen molar-refractivity contribution >= 4 is 18.2 Å². The van der Waals surface area contributed by atoms with Gasteiger partial charge in [-0.2, -0.15) is 5.10 Å². The number of hydrazone groups is 1. The maximum atomic E-state index is 12.6. The van der Waals surface area contributed by atoms with Crippen molar-refractivity contribution < 1.29 is 14.3 Å². The molecule has 0 aliphatic carbocycles. The normalized spacial score (nSPS) is 12.4. The van der Waals surface area contributed by atoms with Gasteiger partial charge in [0.25, 0.3) is 11.5 Å². The van der Waals surface area contributed by atoms with E-state index in [-0.39, 0.29) is 12.0 Å². The lowest BCUT2D eigenvalue weighted by Gasteiger charge is -2.23. The van der Waals surface area contributed by atoms with Crippen LogP contribution in [0.4, 0.5) is 4.79 Å². The minimum Gasteiger partial charge on any atom is -0.444 e. The predicted octanol–water partition coefficient (Wildman–Crippen LogP) is 0.958. The smallest absolute Gasteiger partial charge is 0.408 e. The lowest BCUT2D eigenvalue weighted by molar-refractivity contribution is -0.123. The van der Waals surface area contributed by atoms with Crippen LogP contribution in [0.15, 0.2) is 45.0 Å². The Labute approximate surface area is 172 Å². The number of nitrogens with one attached hydrogen (secondary N) is 4. The molecule has 0 saturated heterocycles. The number of rotatable bonds is 6. The maximum absolute atomic E-state index is 12.6. The second-order valence-electron chi connectivity index (χ2n) is 7.57. The molecular formula is C20H25N5O5. The van der Waals surface area contributed by atoms with Crippen LogP contribution in [0, 0.1) is 6.92 Å². The number of hydrogen-bond donors (Lipinski definition) is 4. The Balaban J connectivity index is 2.14. The van der Waals surface area contributed by atoms with E-state index in [1.54, 1.807) is 20.8 Å².